The van der Waals surface area contributed by atoms with Crippen molar-refractivity contribution < 1.29 is 24.3 Å². The summed E-state index contributed by atoms with van der Waals surface area (Å²) in [5.41, 5.74) is 5.31. The van der Waals surface area contributed by atoms with E-state index in [-0.39, 0.29) is 24.1 Å². The number of carbonyl (C=O) groups excluding carboxylic acids is 3. The van der Waals surface area contributed by atoms with E-state index in [4.69, 9.17) is 10.8 Å². The number of thiol groups is 1. The predicted molar refractivity (Wildman–Crippen MR) is 105 cm³/mol. The fourth-order valence-electron chi connectivity index (χ4n) is 2.33. The minimum Gasteiger partial charge on any atom is -0.480 e. The lowest BCUT2D eigenvalue weighted by molar-refractivity contribution is -0.142. The van der Waals surface area contributed by atoms with Crippen LogP contribution in [0.2, 0.25) is 0 Å². The van der Waals surface area contributed by atoms with Gasteiger partial charge in [0.15, 0.2) is 0 Å². The van der Waals surface area contributed by atoms with Crippen molar-refractivity contribution in [2.45, 2.75) is 58.7 Å². The van der Waals surface area contributed by atoms with Gasteiger partial charge < -0.3 is 26.8 Å². The molecule has 9 nitrogen and oxygen atoms in total. The van der Waals surface area contributed by atoms with Gasteiger partial charge in [-0.25, -0.2) is 4.79 Å². The van der Waals surface area contributed by atoms with Crippen LogP contribution in [0.4, 0.5) is 0 Å². The van der Waals surface area contributed by atoms with Gasteiger partial charge in [0.05, 0.1) is 6.54 Å². The highest BCUT2D eigenvalue weighted by molar-refractivity contribution is 7.80. The van der Waals surface area contributed by atoms with Gasteiger partial charge >= 0.3 is 5.97 Å². The molecule has 6 N–H and O–H groups in total. The lowest BCUT2D eigenvalue weighted by Gasteiger charge is -2.29. The maximum atomic E-state index is 12.7. The average Bonchev–Trinajstić information content (AvgIpc) is 2.65. The lowest BCUT2D eigenvalue weighted by Crippen LogP contribution is -2.59. The fourth-order valence-corrected chi connectivity index (χ4v) is 2.57. The number of amides is 3. The first-order valence-corrected chi connectivity index (χ1v) is 9.69. The van der Waals surface area contributed by atoms with E-state index in [9.17, 15) is 19.2 Å². The molecule has 27 heavy (non-hydrogen) atoms. The van der Waals surface area contributed by atoms with E-state index in [2.05, 4.69) is 28.6 Å². The Balaban J connectivity index is 5.39. The summed E-state index contributed by atoms with van der Waals surface area (Å²) in [6, 6.07) is -2.94. The number of carbonyl (C=O) groups is 4. The molecule has 0 heterocycles. The van der Waals surface area contributed by atoms with Gasteiger partial charge in [0, 0.05) is 5.75 Å². The molecule has 5 unspecified atom stereocenters. The normalized spacial score (nSPS) is 16.4. The zero-order chi connectivity index (χ0) is 21.1. The Hall–Kier alpha value is -1.81. The number of carboxylic acid groups (broad SMARTS) is 1. The zero-order valence-electron chi connectivity index (χ0n) is 16.3. The number of hydrogen-bond acceptors (Lipinski definition) is 6. The largest absolute Gasteiger partial charge is 0.480 e. The molecule has 0 aliphatic carbocycles. The first-order chi connectivity index (χ1) is 12.6. The summed E-state index contributed by atoms with van der Waals surface area (Å²) < 4.78 is 0. The first-order valence-electron chi connectivity index (χ1n) is 9.06. The molecular weight excluding hydrogens is 372 g/mol. The molecule has 0 radical (unpaired) electrons. The van der Waals surface area contributed by atoms with E-state index in [1.54, 1.807) is 13.8 Å². The molecule has 0 bridgehead atoms. The second-order valence-corrected chi connectivity index (χ2v) is 6.95. The minimum absolute atomic E-state index is 0.0791. The van der Waals surface area contributed by atoms with E-state index >= 15 is 0 Å². The zero-order valence-corrected chi connectivity index (χ0v) is 17.2. The van der Waals surface area contributed by atoms with E-state index in [1.165, 1.54) is 0 Å². The van der Waals surface area contributed by atoms with Gasteiger partial charge in [-0.1, -0.05) is 40.5 Å². The van der Waals surface area contributed by atoms with Crippen LogP contribution < -0.4 is 21.7 Å². The molecule has 3 amide bonds. The second-order valence-electron chi connectivity index (χ2n) is 6.59. The minimum atomic E-state index is -1.21. The van der Waals surface area contributed by atoms with Crippen LogP contribution >= 0.6 is 12.6 Å². The summed E-state index contributed by atoms with van der Waals surface area (Å²) in [7, 11) is 0. The quantitative estimate of drug-likeness (QED) is 0.242. The Morgan fingerprint density at radius 1 is 0.926 bits per heavy atom. The molecule has 0 fully saturated rings. The van der Waals surface area contributed by atoms with Gasteiger partial charge in [0.1, 0.15) is 18.1 Å². The molecule has 0 aromatic heterocycles. The molecule has 0 spiro atoms. The van der Waals surface area contributed by atoms with Crippen LogP contribution in [0.5, 0.6) is 0 Å². The summed E-state index contributed by atoms with van der Waals surface area (Å²) in [4.78, 5) is 48.1. The Bertz CT molecular complexity index is 531. The third-order valence-electron chi connectivity index (χ3n) is 4.59. The summed E-state index contributed by atoms with van der Waals surface area (Å²) in [6.07, 6.45) is 1.21. The maximum Gasteiger partial charge on any atom is 0.327 e. The summed E-state index contributed by atoms with van der Waals surface area (Å²) >= 11 is 3.92. The van der Waals surface area contributed by atoms with Crippen LogP contribution in [0.1, 0.15) is 40.5 Å². The van der Waals surface area contributed by atoms with Crippen LogP contribution in [0, 0.1) is 11.8 Å². The number of nitrogens with one attached hydrogen (secondary N) is 3. The van der Waals surface area contributed by atoms with Crippen molar-refractivity contribution in [2.24, 2.45) is 17.6 Å². The van der Waals surface area contributed by atoms with Gasteiger partial charge in [-0.3, -0.25) is 14.4 Å². The number of aliphatic carboxylic acids is 1. The second kappa shape index (κ2) is 12.6. The summed E-state index contributed by atoms with van der Waals surface area (Å²) in [5.74, 6) is -3.29. The van der Waals surface area contributed by atoms with Crippen molar-refractivity contribution in [3.63, 3.8) is 0 Å². The van der Waals surface area contributed by atoms with Gasteiger partial charge in [-0.15, -0.1) is 0 Å². The topological polar surface area (TPSA) is 151 Å². The van der Waals surface area contributed by atoms with Gasteiger partial charge in [-0.2, -0.15) is 12.6 Å². The highest BCUT2D eigenvalue weighted by Gasteiger charge is 2.33. The van der Waals surface area contributed by atoms with Crippen molar-refractivity contribution in [1.82, 2.24) is 16.0 Å². The number of rotatable bonds is 12. The highest BCUT2D eigenvalue weighted by atomic mass is 32.1. The predicted octanol–water partition coefficient (Wildman–Crippen LogP) is -0.494. The summed E-state index contributed by atoms with van der Waals surface area (Å²) in [6.45, 7) is 7.06. The average molecular weight is 405 g/mol. The van der Waals surface area contributed by atoms with Crippen molar-refractivity contribution in [1.29, 1.82) is 0 Å². The van der Waals surface area contributed by atoms with E-state index in [1.807, 2.05) is 13.8 Å². The fraction of sp³-hybridized carbons (Fsp3) is 0.765. The molecule has 0 saturated heterocycles. The molecule has 5 atom stereocenters. The van der Waals surface area contributed by atoms with Crippen molar-refractivity contribution in [3.05, 3.63) is 0 Å². The van der Waals surface area contributed by atoms with E-state index < -0.39 is 41.8 Å². The van der Waals surface area contributed by atoms with Gasteiger partial charge in [-0.05, 0) is 11.8 Å². The smallest absolute Gasteiger partial charge is 0.327 e. The molecule has 0 aromatic carbocycles. The van der Waals surface area contributed by atoms with Crippen LogP contribution in [-0.2, 0) is 19.2 Å². The molecule has 0 aliphatic rings. The highest BCUT2D eigenvalue weighted by Crippen LogP contribution is 2.12. The van der Waals surface area contributed by atoms with E-state index in [0.717, 1.165) is 0 Å². The molecule has 10 heteroatoms. The van der Waals surface area contributed by atoms with Crippen LogP contribution in [0.25, 0.3) is 0 Å². The molecule has 156 valence electrons. The Morgan fingerprint density at radius 2 is 1.37 bits per heavy atom. The molecule has 0 saturated carbocycles. The Morgan fingerprint density at radius 3 is 1.74 bits per heavy atom. The van der Waals surface area contributed by atoms with Gasteiger partial charge in [0.2, 0.25) is 17.7 Å². The van der Waals surface area contributed by atoms with Crippen LogP contribution in [0.3, 0.4) is 0 Å². The maximum absolute atomic E-state index is 12.7. The molecule has 0 aliphatic heterocycles. The monoisotopic (exact) mass is 404 g/mol. The van der Waals surface area contributed by atoms with Crippen LogP contribution in [-0.4, -0.2) is 59.2 Å². The van der Waals surface area contributed by atoms with Crippen LogP contribution in [0.15, 0.2) is 0 Å². The number of carboxylic acids is 1. The third kappa shape index (κ3) is 8.17. The van der Waals surface area contributed by atoms with Gasteiger partial charge in [0.25, 0.3) is 0 Å². The number of nitrogens with two attached hydrogens (primary N) is 1. The Labute approximate surface area is 165 Å². The van der Waals surface area contributed by atoms with E-state index in [0.29, 0.717) is 12.8 Å². The molecule has 0 rings (SSSR count). The standard InChI is InChI=1S/C17H32N4O5S/c1-5-9(3)13(20-12(22)7-18)16(24)21-14(10(4)6-2)15(23)19-11(8-27)17(25)26/h9-11,13-14,27H,5-8,18H2,1-4H3,(H,19,23)(H,20,22)(H,21,24)(H,25,26). The van der Waals surface area contributed by atoms with Crippen molar-refractivity contribution in [2.75, 3.05) is 12.3 Å². The third-order valence-corrected chi connectivity index (χ3v) is 4.95. The van der Waals surface area contributed by atoms with Crippen molar-refractivity contribution in [3.8, 4) is 0 Å². The summed E-state index contributed by atoms with van der Waals surface area (Å²) in [5, 5.41) is 16.7. The Kier molecular flexibility index (Phi) is 11.7. The SMILES string of the molecule is CCC(C)C(NC(=O)CN)C(=O)NC(C(=O)NC(CS)C(=O)O)C(C)CC. The van der Waals surface area contributed by atoms with Crippen molar-refractivity contribution >= 4 is 36.3 Å². The lowest BCUT2D eigenvalue weighted by atomic mass is 9.94. The number of hydrogen-bond donors (Lipinski definition) is 6. The molecular formula is C17H32N4O5S. The first kappa shape index (κ1) is 25.2. The molecule has 0 aromatic rings.